The molecule has 1 unspecified atom stereocenters. The summed E-state index contributed by atoms with van der Waals surface area (Å²) in [6.07, 6.45) is 1.89. The maximum atomic E-state index is 11.6. The van der Waals surface area contributed by atoms with Crippen LogP contribution in [0, 0.1) is 3.57 Å². The maximum Gasteiger partial charge on any atom is 0.175 e. The molecule has 0 fully saturated rings. The van der Waals surface area contributed by atoms with Gasteiger partial charge in [0, 0.05) is 15.9 Å². The third kappa shape index (κ3) is 4.04. The Kier molecular flexibility index (Phi) is 4.82. The number of benzene rings is 2. The van der Waals surface area contributed by atoms with E-state index in [2.05, 4.69) is 22.6 Å². The average Bonchev–Trinajstić information content (AvgIpc) is 2.40. The van der Waals surface area contributed by atoms with Gasteiger partial charge >= 0.3 is 0 Å². The molecule has 0 amide bonds. The van der Waals surface area contributed by atoms with Gasteiger partial charge < -0.3 is 5.73 Å². The van der Waals surface area contributed by atoms with Crippen molar-refractivity contribution in [2.75, 3.05) is 6.26 Å². The van der Waals surface area contributed by atoms with Crippen LogP contribution in [0.15, 0.2) is 53.4 Å². The average molecular weight is 401 g/mol. The quantitative estimate of drug-likeness (QED) is 0.802. The first kappa shape index (κ1) is 15.5. The summed E-state index contributed by atoms with van der Waals surface area (Å²) in [5.74, 6) is 0. The summed E-state index contributed by atoms with van der Waals surface area (Å²) in [6, 6.07) is 14.8. The lowest BCUT2D eigenvalue weighted by Gasteiger charge is -2.13. The van der Waals surface area contributed by atoms with Crippen molar-refractivity contribution in [3.63, 3.8) is 0 Å². The molecule has 0 aliphatic rings. The van der Waals surface area contributed by atoms with E-state index in [4.69, 9.17) is 5.73 Å². The molecule has 2 aromatic rings. The maximum absolute atomic E-state index is 11.6. The first-order chi connectivity index (χ1) is 9.36. The van der Waals surface area contributed by atoms with Gasteiger partial charge in [0.2, 0.25) is 0 Å². The minimum absolute atomic E-state index is 0.211. The minimum atomic E-state index is -3.19. The molecule has 1 atom stereocenters. The zero-order chi connectivity index (χ0) is 14.8. The normalized spacial score (nSPS) is 13.2. The van der Waals surface area contributed by atoms with Gasteiger partial charge in [-0.15, -0.1) is 0 Å². The predicted molar refractivity (Wildman–Crippen MR) is 89.3 cm³/mol. The molecule has 0 aliphatic carbocycles. The van der Waals surface area contributed by atoms with Crippen LogP contribution in [0.2, 0.25) is 0 Å². The van der Waals surface area contributed by atoms with Crippen LogP contribution >= 0.6 is 22.6 Å². The molecule has 0 saturated heterocycles. The fourth-order valence-electron chi connectivity index (χ4n) is 1.97. The van der Waals surface area contributed by atoms with Gasteiger partial charge in [-0.1, -0.05) is 24.3 Å². The monoisotopic (exact) mass is 401 g/mol. The molecule has 0 heterocycles. The van der Waals surface area contributed by atoms with E-state index in [0.29, 0.717) is 11.3 Å². The number of hydrogen-bond donors (Lipinski definition) is 1. The van der Waals surface area contributed by atoms with Crippen molar-refractivity contribution in [1.29, 1.82) is 0 Å². The van der Waals surface area contributed by atoms with E-state index in [9.17, 15) is 8.42 Å². The van der Waals surface area contributed by atoms with Gasteiger partial charge in [-0.25, -0.2) is 8.42 Å². The fourth-order valence-corrected chi connectivity index (χ4v) is 3.00. The van der Waals surface area contributed by atoms with Gasteiger partial charge in [0.05, 0.1) is 4.90 Å². The minimum Gasteiger partial charge on any atom is -0.324 e. The molecule has 5 heteroatoms. The number of rotatable bonds is 4. The summed E-state index contributed by atoms with van der Waals surface area (Å²) in [5, 5.41) is 0. The van der Waals surface area contributed by atoms with Crippen LogP contribution in [0.3, 0.4) is 0 Å². The van der Waals surface area contributed by atoms with Crippen molar-refractivity contribution < 1.29 is 8.42 Å². The molecule has 2 rings (SSSR count). The molecule has 106 valence electrons. The molecule has 3 nitrogen and oxygen atoms in total. The van der Waals surface area contributed by atoms with Crippen LogP contribution in [0.1, 0.15) is 17.2 Å². The highest BCUT2D eigenvalue weighted by molar-refractivity contribution is 14.1. The lowest BCUT2D eigenvalue weighted by Crippen LogP contribution is -2.14. The standard InChI is InChI=1S/C15H16INO2S/c1-20(18,19)14-4-2-3-12(10-14)15(17)9-11-5-7-13(16)8-6-11/h2-8,10,15H,9,17H2,1H3. The van der Waals surface area contributed by atoms with Crippen molar-refractivity contribution >= 4 is 32.4 Å². The Labute approximate surface area is 133 Å². The van der Waals surface area contributed by atoms with Crippen LogP contribution < -0.4 is 5.73 Å². The third-order valence-electron chi connectivity index (χ3n) is 3.08. The summed E-state index contributed by atoms with van der Waals surface area (Å²) >= 11 is 2.26. The topological polar surface area (TPSA) is 60.2 Å². The van der Waals surface area contributed by atoms with E-state index >= 15 is 0 Å². The Bertz CT molecular complexity index is 696. The summed E-state index contributed by atoms with van der Waals surface area (Å²) in [7, 11) is -3.19. The SMILES string of the molecule is CS(=O)(=O)c1cccc(C(N)Cc2ccc(I)cc2)c1. The Morgan fingerprint density at radius 2 is 1.80 bits per heavy atom. The highest BCUT2D eigenvalue weighted by Gasteiger charge is 2.12. The fraction of sp³-hybridized carbons (Fsp3) is 0.200. The molecule has 2 N–H and O–H groups in total. The predicted octanol–water partition coefficient (Wildman–Crippen LogP) is 2.94. The van der Waals surface area contributed by atoms with Crippen LogP contribution in [0.4, 0.5) is 0 Å². The Hall–Kier alpha value is -0.920. The van der Waals surface area contributed by atoms with Gasteiger partial charge in [0.25, 0.3) is 0 Å². The highest BCUT2D eigenvalue weighted by atomic mass is 127. The molecule has 0 spiro atoms. The van der Waals surface area contributed by atoms with Gasteiger partial charge in [0.1, 0.15) is 0 Å². The van der Waals surface area contributed by atoms with Crippen molar-refractivity contribution in [2.45, 2.75) is 17.4 Å². The van der Waals surface area contributed by atoms with E-state index in [1.165, 1.54) is 9.83 Å². The van der Waals surface area contributed by atoms with Crippen LogP contribution in [0.25, 0.3) is 0 Å². The van der Waals surface area contributed by atoms with Gasteiger partial charge in [-0.2, -0.15) is 0 Å². The Morgan fingerprint density at radius 3 is 2.40 bits per heavy atom. The molecule has 2 aromatic carbocycles. The van der Waals surface area contributed by atoms with Gasteiger partial charge in [-0.3, -0.25) is 0 Å². The van der Waals surface area contributed by atoms with E-state index in [-0.39, 0.29) is 6.04 Å². The van der Waals surface area contributed by atoms with E-state index in [0.717, 1.165) is 11.1 Å². The first-order valence-corrected chi connectivity index (χ1v) is 9.13. The van der Waals surface area contributed by atoms with E-state index < -0.39 is 9.84 Å². The molecule has 0 radical (unpaired) electrons. The van der Waals surface area contributed by atoms with Crippen molar-refractivity contribution in [1.82, 2.24) is 0 Å². The second-order valence-electron chi connectivity index (χ2n) is 4.78. The second-order valence-corrected chi connectivity index (χ2v) is 8.04. The molecule has 0 saturated carbocycles. The highest BCUT2D eigenvalue weighted by Crippen LogP contribution is 2.20. The third-order valence-corrected chi connectivity index (χ3v) is 4.91. The zero-order valence-electron chi connectivity index (χ0n) is 11.1. The molecule has 20 heavy (non-hydrogen) atoms. The molecular weight excluding hydrogens is 385 g/mol. The van der Waals surface area contributed by atoms with Crippen molar-refractivity contribution in [3.05, 3.63) is 63.2 Å². The Morgan fingerprint density at radius 1 is 1.15 bits per heavy atom. The first-order valence-electron chi connectivity index (χ1n) is 6.16. The molecule has 0 bridgehead atoms. The second kappa shape index (κ2) is 6.24. The molecular formula is C15H16INO2S. The van der Waals surface area contributed by atoms with Crippen LogP contribution in [0.5, 0.6) is 0 Å². The summed E-state index contributed by atoms with van der Waals surface area (Å²) in [5.41, 5.74) is 8.16. The molecule has 0 aromatic heterocycles. The van der Waals surface area contributed by atoms with E-state index in [1.807, 2.05) is 30.3 Å². The smallest absolute Gasteiger partial charge is 0.175 e. The van der Waals surface area contributed by atoms with Crippen molar-refractivity contribution in [2.24, 2.45) is 5.73 Å². The number of hydrogen-bond acceptors (Lipinski definition) is 3. The lowest BCUT2D eigenvalue weighted by atomic mass is 10.00. The summed E-state index contributed by atoms with van der Waals surface area (Å²) in [4.78, 5) is 0.313. The van der Waals surface area contributed by atoms with Crippen LogP contribution in [-0.2, 0) is 16.3 Å². The number of sulfone groups is 1. The van der Waals surface area contributed by atoms with E-state index in [1.54, 1.807) is 18.2 Å². The molecule has 0 aliphatic heterocycles. The lowest BCUT2D eigenvalue weighted by molar-refractivity contribution is 0.601. The van der Waals surface area contributed by atoms with Crippen LogP contribution in [-0.4, -0.2) is 14.7 Å². The number of nitrogens with two attached hydrogens (primary N) is 1. The zero-order valence-corrected chi connectivity index (χ0v) is 14.1. The largest absolute Gasteiger partial charge is 0.324 e. The summed E-state index contributed by atoms with van der Waals surface area (Å²) in [6.45, 7) is 0. The number of halogens is 1. The van der Waals surface area contributed by atoms with Crippen molar-refractivity contribution in [3.8, 4) is 0 Å². The van der Waals surface area contributed by atoms with Gasteiger partial charge in [0.15, 0.2) is 9.84 Å². The van der Waals surface area contributed by atoms with Gasteiger partial charge in [-0.05, 0) is 64.4 Å². The summed E-state index contributed by atoms with van der Waals surface area (Å²) < 4.78 is 24.3. The Balaban J connectivity index is 2.21.